The van der Waals surface area contributed by atoms with Gasteiger partial charge in [0.15, 0.2) is 0 Å². The van der Waals surface area contributed by atoms with Gasteiger partial charge < -0.3 is 0 Å². The molecule has 1 saturated carbocycles. The van der Waals surface area contributed by atoms with Crippen LogP contribution in [0.4, 0.5) is 5.82 Å². The van der Waals surface area contributed by atoms with Gasteiger partial charge in [0.05, 0.1) is 0 Å². The molecule has 0 aromatic carbocycles. The molecular weight excluding hydrogens is 559 g/mol. The van der Waals surface area contributed by atoms with Gasteiger partial charge in [-0.25, -0.2) is 0 Å². The van der Waals surface area contributed by atoms with Crippen molar-refractivity contribution in [3.05, 3.63) is 87.1 Å². The van der Waals surface area contributed by atoms with E-state index in [1.807, 2.05) is 6.20 Å². The molecule has 3 heterocycles. The van der Waals surface area contributed by atoms with Gasteiger partial charge in [-0.3, -0.25) is 0 Å². The molecule has 3 N–H and O–H groups in total. The average Bonchev–Trinajstić information content (AvgIpc) is 3.61. The van der Waals surface area contributed by atoms with E-state index in [2.05, 4.69) is 58.0 Å². The van der Waals surface area contributed by atoms with Crippen molar-refractivity contribution in [3.8, 4) is 0 Å². The van der Waals surface area contributed by atoms with E-state index >= 15 is 0 Å². The molecule has 188 valence electrons. The maximum atomic E-state index is 13.1. The van der Waals surface area contributed by atoms with Gasteiger partial charge in [-0.2, -0.15) is 0 Å². The van der Waals surface area contributed by atoms with Crippen molar-refractivity contribution in [2.75, 3.05) is 5.32 Å². The molecule has 3 atom stereocenters. The van der Waals surface area contributed by atoms with Crippen molar-refractivity contribution >= 4 is 31.5 Å². The van der Waals surface area contributed by atoms with Crippen molar-refractivity contribution in [3.63, 3.8) is 0 Å². The molecule has 5 nitrogen and oxygen atoms in total. The van der Waals surface area contributed by atoms with Crippen LogP contribution in [0.3, 0.4) is 0 Å². The number of aryl methyl sites for hydroxylation is 1. The van der Waals surface area contributed by atoms with E-state index in [4.69, 9.17) is 15.7 Å². The van der Waals surface area contributed by atoms with Gasteiger partial charge in [0.1, 0.15) is 0 Å². The van der Waals surface area contributed by atoms with Gasteiger partial charge in [0.2, 0.25) is 0 Å². The number of rotatable bonds is 7. The Hall–Kier alpha value is -2.48. The van der Waals surface area contributed by atoms with Gasteiger partial charge in [0.25, 0.3) is 0 Å². The summed E-state index contributed by atoms with van der Waals surface area (Å²) in [6.07, 6.45) is 29.2. The number of nitrogens with zero attached hydrogens (tertiary/aromatic N) is 2. The number of fused-ring (bicyclic) bond motifs is 2. The van der Waals surface area contributed by atoms with E-state index in [1.165, 1.54) is 37.7 Å². The summed E-state index contributed by atoms with van der Waals surface area (Å²) in [5, 5.41) is 3.12. The third kappa shape index (κ3) is 5.29. The van der Waals surface area contributed by atoms with Crippen molar-refractivity contribution < 1.29 is 4.79 Å². The van der Waals surface area contributed by atoms with Gasteiger partial charge in [-0.1, -0.05) is 18.2 Å². The molecule has 6 rings (SSSR count). The molecule has 36 heavy (non-hydrogen) atoms. The Bertz CT molecular complexity index is 1220. The van der Waals surface area contributed by atoms with Crippen LogP contribution >= 0.6 is 19.8 Å². The van der Waals surface area contributed by atoms with E-state index in [1.54, 1.807) is 0 Å². The molecular formula is C30H35IN4O. The Morgan fingerprint density at radius 2 is 2.03 bits per heavy atom. The van der Waals surface area contributed by atoms with Crippen molar-refractivity contribution in [1.82, 2.24) is 9.97 Å². The van der Waals surface area contributed by atoms with Crippen LogP contribution < -0.4 is 11.1 Å². The summed E-state index contributed by atoms with van der Waals surface area (Å²) in [5.74, 6) is 1.79. The Morgan fingerprint density at radius 1 is 1.14 bits per heavy atom. The molecule has 5 aliphatic rings. The number of allylic oxidation sites excluding steroid dienone is 9. The van der Waals surface area contributed by atoms with Crippen molar-refractivity contribution in [1.29, 1.82) is 0 Å². The predicted octanol–water partition coefficient (Wildman–Crippen LogP) is 6.62. The summed E-state index contributed by atoms with van der Waals surface area (Å²) in [6, 6.07) is 0. The minimum absolute atomic E-state index is 0.0139. The molecule has 3 aliphatic carbocycles. The second-order valence-corrected chi connectivity index (χ2v) is 16.2. The van der Waals surface area contributed by atoms with Crippen molar-refractivity contribution in [2.24, 2.45) is 17.6 Å². The zero-order valence-corrected chi connectivity index (χ0v) is 22.9. The van der Waals surface area contributed by atoms with Gasteiger partial charge in [0, 0.05) is 0 Å². The second-order valence-electron chi connectivity index (χ2n) is 10.6. The van der Waals surface area contributed by atoms with Crippen LogP contribution in [-0.4, -0.2) is 19.8 Å². The minimum atomic E-state index is -1.20. The van der Waals surface area contributed by atoms with E-state index in [0.29, 0.717) is 26.0 Å². The number of hydrogen-bond donors (Lipinski definition) is 2. The Balaban J connectivity index is 1.17. The van der Waals surface area contributed by atoms with Gasteiger partial charge in [-0.05, 0) is 0 Å². The van der Waals surface area contributed by atoms with Crippen LogP contribution in [0, 0.1) is 11.8 Å². The van der Waals surface area contributed by atoms with Crippen LogP contribution in [-0.2, 0) is 11.2 Å². The molecule has 1 saturated heterocycles. The number of hydrogen-bond acceptors (Lipinski definition) is 4. The monoisotopic (exact) mass is 594 g/mol. The van der Waals surface area contributed by atoms with Crippen LogP contribution in [0.15, 0.2) is 75.7 Å². The van der Waals surface area contributed by atoms with Crippen molar-refractivity contribution in [2.45, 2.75) is 65.6 Å². The Morgan fingerprint density at radius 3 is 2.89 bits per heavy atom. The first-order valence-electron chi connectivity index (χ1n) is 13.4. The fraction of sp³-hybridized carbons (Fsp3) is 0.433. The number of carbonyl (C=O) groups is 1. The number of nitrogens with two attached hydrogens (primary N) is 1. The molecule has 0 radical (unpaired) electrons. The quantitative estimate of drug-likeness (QED) is 0.275. The first-order chi connectivity index (χ1) is 17.6. The molecule has 6 heteroatoms. The normalized spacial score (nSPS) is 27.5. The fourth-order valence-electron chi connectivity index (χ4n) is 5.89. The number of anilines is 1. The maximum absolute atomic E-state index is 13.1. The average molecular weight is 595 g/mol. The summed E-state index contributed by atoms with van der Waals surface area (Å²) in [5.41, 5.74) is 11.4. The van der Waals surface area contributed by atoms with Gasteiger partial charge >= 0.3 is 204 Å². The van der Waals surface area contributed by atoms with E-state index in [9.17, 15) is 4.79 Å². The van der Waals surface area contributed by atoms with Gasteiger partial charge in [-0.15, -0.1) is 0 Å². The summed E-state index contributed by atoms with van der Waals surface area (Å²) >= 11 is -1.20. The number of halogens is 1. The topological polar surface area (TPSA) is 80.9 Å². The second kappa shape index (κ2) is 10.5. The SMILES string of the molecule is NC1=CC2C(c3cnc(NC(=O)CC4=CC5CC=CC=C5C=C4)c(CCC4CCCCC4)n3)I2C=C1. The summed E-state index contributed by atoms with van der Waals surface area (Å²) < 4.78 is 3.45. The molecule has 1 aromatic rings. The van der Waals surface area contributed by atoms with E-state index in [-0.39, 0.29) is 5.91 Å². The molecule has 2 aliphatic heterocycles. The van der Waals surface area contributed by atoms with Crippen LogP contribution in [0.1, 0.15) is 66.7 Å². The number of carbonyl (C=O) groups excluding carboxylic acids is 1. The summed E-state index contributed by atoms with van der Waals surface area (Å²) in [4.78, 5) is 23.0. The Labute approximate surface area is 221 Å². The Kier molecular flexibility index (Phi) is 6.96. The zero-order valence-electron chi connectivity index (χ0n) is 20.7. The van der Waals surface area contributed by atoms with Crippen LogP contribution in [0.2, 0.25) is 0 Å². The third-order valence-electron chi connectivity index (χ3n) is 7.96. The zero-order chi connectivity index (χ0) is 24.5. The molecule has 1 aromatic heterocycles. The molecule has 1 amide bonds. The number of nitrogens with one attached hydrogen (secondary N) is 1. The number of amides is 1. The number of alkyl halides is 2. The fourth-order valence-corrected chi connectivity index (χ4v) is 12.4. The first kappa shape index (κ1) is 23.9. The summed E-state index contributed by atoms with van der Waals surface area (Å²) in [7, 11) is 0. The predicted molar refractivity (Wildman–Crippen MR) is 155 cm³/mol. The van der Waals surface area contributed by atoms with E-state index < -0.39 is 19.8 Å². The molecule has 3 unspecified atom stereocenters. The van der Waals surface area contributed by atoms with Crippen LogP contribution in [0.5, 0.6) is 0 Å². The summed E-state index contributed by atoms with van der Waals surface area (Å²) in [6.45, 7) is 0. The molecule has 0 spiro atoms. The standard InChI is InChI=1S/C30H35IN4O/c32-24-14-15-31-25(18-24)29(31)27-19-33-30(26(34-27)13-11-20-6-2-1-3-7-20)35-28(36)17-21-10-12-22-8-4-5-9-23(22)16-21/h4-5,8,10,12,14-16,18-20,23,25,29H,1-3,6-7,9,11,13,17,32H2,(H,33,35,36). The van der Waals surface area contributed by atoms with Crippen LogP contribution in [0.25, 0.3) is 0 Å². The first-order valence-corrected chi connectivity index (χ1v) is 17.1. The molecule has 0 bridgehead atoms. The molecule has 2 fully saturated rings. The number of aromatic nitrogens is 2. The van der Waals surface area contributed by atoms with E-state index in [0.717, 1.165) is 47.8 Å². The third-order valence-corrected chi connectivity index (χ3v) is 14.0.